The fourth-order valence-electron chi connectivity index (χ4n) is 2.44. The van der Waals surface area contributed by atoms with Crippen LogP contribution < -0.4 is 0 Å². The predicted molar refractivity (Wildman–Crippen MR) is 74.5 cm³/mol. The Balaban J connectivity index is 2.31. The molecule has 0 amide bonds. The van der Waals surface area contributed by atoms with Crippen LogP contribution in [0.1, 0.15) is 11.4 Å². The second-order valence-electron chi connectivity index (χ2n) is 4.83. The fourth-order valence-corrected chi connectivity index (χ4v) is 2.44. The van der Waals surface area contributed by atoms with Gasteiger partial charge >= 0.3 is 0 Å². The number of rotatable bonds is 1. The average Bonchev–Trinajstić information content (AvgIpc) is 2.90. The largest absolute Gasteiger partial charge is 0.339 e. The first-order valence-electron chi connectivity index (χ1n) is 6.21. The number of halogens is 1. The number of aryl methyl sites for hydroxylation is 1. The Hall–Kier alpha value is -2.61. The monoisotopic (exact) mass is 268 g/mol. The molecular weight excluding hydrogens is 255 g/mol. The van der Waals surface area contributed by atoms with Crippen molar-refractivity contribution in [1.82, 2.24) is 14.1 Å². The van der Waals surface area contributed by atoms with E-state index in [4.69, 9.17) is 5.26 Å². The molecule has 0 atom stereocenters. The second-order valence-corrected chi connectivity index (χ2v) is 4.83. The van der Waals surface area contributed by atoms with E-state index in [1.54, 1.807) is 6.07 Å². The second kappa shape index (κ2) is 4.20. The Bertz CT molecular complexity index is 864. The third-order valence-corrected chi connectivity index (χ3v) is 3.73. The summed E-state index contributed by atoms with van der Waals surface area (Å²) in [4.78, 5) is 4.55. The van der Waals surface area contributed by atoms with Crippen LogP contribution in [0.15, 0.2) is 24.3 Å². The van der Waals surface area contributed by atoms with Crippen LogP contribution in [0, 0.1) is 24.1 Å². The highest BCUT2D eigenvalue weighted by Gasteiger charge is 2.16. The van der Waals surface area contributed by atoms with Crippen molar-refractivity contribution in [2.24, 2.45) is 14.1 Å². The summed E-state index contributed by atoms with van der Waals surface area (Å²) in [7, 11) is 3.70. The highest BCUT2D eigenvalue weighted by molar-refractivity contribution is 5.81. The first kappa shape index (κ1) is 12.4. The van der Waals surface area contributed by atoms with Gasteiger partial charge in [0, 0.05) is 25.4 Å². The van der Waals surface area contributed by atoms with Gasteiger partial charge < -0.3 is 9.13 Å². The topological polar surface area (TPSA) is 46.5 Å². The van der Waals surface area contributed by atoms with Crippen molar-refractivity contribution >= 4 is 11.0 Å². The molecular formula is C15H13FN4. The van der Waals surface area contributed by atoms with Gasteiger partial charge in [-0.05, 0) is 31.2 Å². The van der Waals surface area contributed by atoms with Gasteiger partial charge in [-0.3, -0.25) is 0 Å². The number of benzene rings is 1. The third-order valence-electron chi connectivity index (χ3n) is 3.73. The lowest BCUT2D eigenvalue weighted by Gasteiger charge is -2.03. The lowest BCUT2D eigenvalue weighted by atomic mass is 10.2. The number of nitrogens with zero attached hydrogens (tertiary/aromatic N) is 4. The van der Waals surface area contributed by atoms with Crippen LogP contribution in [0.5, 0.6) is 0 Å². The van der Waals surface area contributed by atoms with Crippen molar-refractivity contribution in [3.05, 3.63) is 41.5 Å². The first-order chi connectivity index (χ1) is 9.52. The van der Waals surface area contributed by atoms with Gasteiger partial charge in [0.15, 0.2) is 0 Å². The summed E-state index contributed by atoms with van der Waals surface area (Å²) in [5.41, 5.74) is 3.91. The molecule has 0 aliphatic carbocycles. The highest BCUT2D eigenvalue weighted by atomic mass is 19.1. The van der Waals surface area contributed by atoms with Gasteiger partial charge in [-0.25, -0.2) is 9.37 Å². The van der Waals surface area contributed by atoms with E-state index in [9.17, 15) is 4.39 Å². The Morgan fingerprint density at radius 1 is 1.20 bits per heavy atom. The van der Waals surface area contributed by atoms with Gasteiger partial charge in [0.1, 0.15) is 23.4 Å². The van der Waals surface area contributed by atoms with Gasteiger partial charge in [-0.2, -0.15) is 5.26 Å². The molecule has 5 heteroatoms. The minimum absolute atomic E-state index is 0.283. The molecule has 0 bridgehead atoms. The minimum atomic E-state index is -0.283. The Kier molecular flexibility index (Phi) is 2.61. The molecule has 100 valence electrons. The molecule has 0 saturated heterocycles. The SMILES string of the molecule is Cc1c(-c2nc3ccc(F)cc3n2C)cc(C#N)n1C. The molecule has 0 unspecified atom stereocenters. The summed E-state index contributed by atoms with van der Waals surface area (Å²) >= 11 is 0. The van der Waals surface area contributed by atoms with E-state index in [0.29, 0.717) is 5.69 Å². The smallest absolute Gasteiger partial charge is 0.142 e. The third kappa shape index (κ3) is 1.62. The van der Waals surface area contributed by atoms with Crippen molar-refractivity contribution in [2.75, 3.05) is 0 Å². The maximum absolute atomic E-state index is 13.3. The molecule has 0 saturated carbocycles. The molecule has 0 aliphatic rings. The summed E-state index contributed by atoms with van der Waals surface area (Å²) in [6, 6.07) is 8.50. The summed E-state index contributed by atoms with van der Waals surface area (Å²) in [5, 5.41) is 9.10. The van der Waals surface area contributed by atoms with E-state index in [1.165, 1.54) is 12.1 Å². The zero-order chi connectivity index (χ0) is 14.4. The Labute approximate surface area is 115 Å². The van der Waals surface area contributed by atoms with Gasteiger partial charge in [-0.15, -0.1) is 0 Å². The summed E-state index contributed by atoms with van der Waals surface area (Å²) in [5.74, 6) is 0.453. The number of hydrogen-bond acceptors (Lipinski definition) is 2. The molecule has 0 spiro atoms. The molecule has 4 nitrogen and oxygen atoms in total. The van der Waals surface area contributed by atoms with Crippen LogP contribution in [0.2, 0.25) is 0 Å². The quantitative estimate of drug-likeness (QED) is 0.681. The Morgan fingerprint density at radius 3 is 2.60 bits per heavy atom. The molecule has 0 fully saturated rings. The van der Waals surface area contributed by atoms with Gasteiger partial charge in [0.2, 0.25) is 0 Å². The zero-order valence-electron chi connectivity index (χ0n) is 11.5. The van der Waals surface area contributed by atoms with Gasteiger partial charge in [0.05, 0.1) is 11.0 Å². The molecule has 2 heterocycles. The maximum atomic E-state index is 13.3. The van der Waals surface area contributed by atoms with Crippen LogP contribution in [0.25, 0.3) is 22.4 Å². The number of hydrogen-bond donors (Lipinski definition) is 0. The van der Waals surface area contributed by atoms with Crippen molar-refractivity contribution in [2.45, 2.75) is 6.92 Å². The van der Waals surface area contributed by atoms with Gasteiger partial charge in [0.25, 0.3) is 0 Å². The van der Waals surface area contributed by atoms with Crippen LogP contribution in [-0.4, -0.2) is 14.1 Å². The van der Waals surface area contributed by atoms with E-state index >= 15 is 0 Å². The summed E-state index contributed by atoms with van der Waals surface area (Å²) in [6.45, 7) is 1.94. The van der Waals surface area contributed by atoms with Crippen LogP contribution >= 0.6 is 0 Å². The van der Waals surface area contributed by atoms with Crippen LogP contribution in [0.4, 0.5) is 4.39 Å². The minimum Gasteiger partial charge on any atom is -0.339 e. The fraction of sp³-hybridized carbons (Fsp3) is 0.200. The summed E-state index contributed by atoms with van der Waals surface area (Å²) in [6.07, 6.45) is 0. The van der Waals surface area contributed by atoms with Crippen molar-refractivity contribution in [3.63, 3.8) is 0 Å². The Morgan fingerprint density at radius 2 is 1.95 bits per heavy atom. The number of fused-ring (bicyclic) bond motifs is 1. The standard InChI is InChI=1S/C15H13FN4/c1-9-12(7-11(8-17)19(9)2)15-18-13-5-4-10(16)6-14(13)20(15)3/h4-7H,1-3H3. The lowest BCUT2D eigenvalue weighted by molar-refractivity contribution is 0.629. The number of aromatic nitrogens is 3. The molecule has 0 aliphatic heterocycles. The van der Waals surface area contributed by atoms with Crippen molar-refractivity contribution in [3.8, 4) is 17.5 Å². The van der Waals surface area contributed by atoms with Gasteiger partial charge in [-0.1, -0.05) is 0 Å². The van der Waals surface area contributed by atoms with E-state index in [2.05, 4.69) is 11.1 Å². The van der Waals surface area contributed by atoms with Crippen molar-refractivity contribution < 1.29 is 4.39 Å². The van der Waals surface area contributed by atoms with E-state index < -0.39 is 0 Å². The molecule has 1 aromatic carbocycles. The number of imidazole rings is 1. The van der Waals surface area contributed by atoms with Crippen molar-refractivity contribution in [1.29, 1.82) is 5.26 Å². The van der Waals surface area contributed by atoms with E-state index in [0.717, 1.165) is 28.1 Å². The number of nitriles is 1. The molecule has 3 aromatic rings. The molecule has 2 aromatic heterocycles. The maximum Gasteiger partial charge on any atom is 0.142 e. The molecule has 0 N–H and O–H groups in total. The molecule has 3 rings (SSSR count). The first-order valence-corrected chi connectivity index (χ1v) is 6.21. The van der Waals surface area contributed by atoms with Crippen LogP contribution in [-0.2, 0) is 14.1 Å². The van der Waals surface area contributed by atoms with E-state index in [-0.39, 0.29) is 5.82 Å². The average molecular weight is 268 g/mol. The van der Waals surface area contributed by atoms with Crippen LogP contribution in [0.3, 0.4) is 0 Å². The normalized spacial score (nSPS) is 10.9. The zero-order valence-corrected chi connectivity index (χ0v) is 11.5. The highest BCUT2D eigenvalue weighted by Crippen LogP contribution is 2.28. The summed E-state index contributed by atoms with van der Waals surface area (Å²) < 4.78 is 17.0. The predicted octanol–water partition coefficient (Wildman–Crippen LogP) is 2.90. The molecule has 0 radical (unpaired) electrons. The molecule has 20 heavy (non-hydrogen) atoms. The van der Waals surface area contributed by atoms with E-state index in [1.807, 2.05) is 36.2 Å². The lowest BCUT2D eigenvalue weighted by Crippen LogP contribution is -1.96.